The number of methoxy groups -OCH3 is 1. The van der Waals surface area contributed by atoms with Crippen LogP contribution < -0.4 is 0 Å². The molecule has 2 fully saturated rings. The van der Waals surface area contributed by atoms with Crippen LogP contribution in [0, 0.1) is 5.92 Å². The average Bonchev–Trinajstić information content (AvgIpc) is 3.43. The maximum absolute atomic E-state index is 12.7. The maximum atomic E-state index is 12.7. The van der Waals surface area contributed by atoms with Crippen molar-refractivity contribution in [1.29, 1.82) is 0 Å². The molecule has 8 heteroatoms. The zero-order chi connectivity index (χ0) is 18.2. The van der Waals surface area contributed by atoms with Crippen molar-refractivity contribution in [3.8, 4) is 0 Å². The number of piperidine rings is 1. The Balaban J connectivity index is 1.76. The number of nitrogens with zero attached hydrogens (tertiary/aromatic N) is 1. The van der Waals surface area contributed by atoms with Crippen molar-refractivity contribution >= 4 is 22.0 Å². The molecule has 1 aromatic carbocycles. The highest BCUT2D eigenvalue weighted by Gasteiger charge is 2.52. The minimum atomic E-state index is -3.65. The molecule has 0 bridgehead atoms. The zero-order valence-electron chi connectivity index (χ0n) is 14.0. The van der Waals surface area contributed by atoms with Gasteiger partial charge in [0.2, 0.25) is 10.0 Å². The minimum Gasteiger partial charge on any atom is -0.481 e. The standard InChI is InChI=1S/C17H21NO6S/c1-24-16(21)17(8-9-17)13-2-4-14(5-3-13)25(22,23)18-10-6-12(7-11-18)15(19)20/h2-5,12H,6-11H2,1H3,(H,19,20). The second-order valence-electron chi connectivity index (χ2n) is 6.61. The van der Waals surface area contributed by atoms with Gasteiger partial charge in [0, 0.05) is 13.1 Å². The summed E-state index contributed by atoms with van der Waals surface area (Å²) >= 11 is 0. The van der Waals surface area contributed by atoms with Crippen molar-refractivity contribution in [1.82, 2.24) is 4.31 Å². The Labute approximate surface area is 146 Å². The largest absolute Gasteiger partial charge is 0.481 e. The number of rotatable bonds is 5. The second-order valence-corrected chi connectivity index (χ2v) is 8.55. The number of sulfonamides is 1. The molecule has 0 spiro atoms. The van der Waals surface area contributed by atoms with Gasteiger partial charge in [0.15, 0.2) is 0 Å². The zero-order valence-corrected chi connectivity index (χ0v) is 14.8. The quantitative estimate of drug-likeness (QED) is 0.789. The first-order valence-electron chi connectivity index (χ1n) is 8.23. The molecule has 1 saturated heterocycles. The number of hydrogen-bond acceptors (Lipinski definition) is 5. The van der Waals surface area contributed by atoms with Gasteiger partial charge in [-0.1, -0.05) is 12.1 Å². The van der Waals surface area contributed by atoms with E-state index in [4.69, 9.17) is 9.84 Å². The van der Waals surface area contributed by atoms with Crippen LogP contribution in [-0.2, 0) is 29.8 Å². The number of esters is 1. The molecule has 1 aliphatic carbocycles. The molecule has 0 atom stereocenters. The summed E-state index contributed by atoms with van der Waals surface area (Å²) in [5, 5.41) is 9.02. The summed E-state index contributed by atoms with van der Waals surface area (Å²) in [7, 11) is -2.31. The highest BCUT2D eigenvalue weighted by atomic mass is 32.2. The van der Waals surface area contributed by atoms with Gasteiger partial charge >= 0.3 is 11.9 Å². The summed E-state index contributed by atoms with van der Waals surface area (Å²) in [5.74, 6) is -1.65. The first-order valence-corrected chi connectivity index (χ1v) is 9.67. The number of carboxylic acid groups (broad SMARTS) is 1. The highest BCUT2D eigenvalue weighted by Crippen LogP contribution is 2.49. The number of ether oxygens (including phenoxy) is 1. The van der Waals surface area contributed by atoms with E-state index in [-0.39, 0.29) is 24.0 Å². The van der Waals surface area contributed by atoms with Gasteiger partial charge in [-0.05, 0) is 43.4 Å². The minimum absolute atomic E-state index is 0.158. The Bertz CT molecular complexity index is 774. The van der Waals surface area contributed by atoms with Crippen molar-refractivity contribution < 1.29 is 27.9 Å². The summed E-state index contributed by atoms with van der Waals surface area (Å²) in [6.07, 6.45) is 2.04. The molecule has 136 valence electrons. The number of carbonyl (C=O) groups excluding carboxylic acids is 1. The lowest BCUT2D eigenvalue weighted by atomic mass is 9.96. The van der Waals surface area contributed by atoms with Crippen LogP contribution in [0.1, 0.15) is 31.2 Å². The Hall–Kier alpha value is -1.93. The Morgan fingerprint density at radius 2 is 1.72 bits per heavy atom. The van der Waals surface area contributed by atoms with Crippen molar-refractivity contribution in [2.24, 2.45) is 5.92 Å². The molecule has 1 aliphatic heterocycles. The molecule has 0 amide bonds. The lowest BCUT2D eigenvalue weighted by Crippen LogP contribution is -2.40. The molecule has 1 heterocycles. The number of hydrogen-bond donors (Lipinski definition) is 1. The Morgan fingerprint density at radius 3 is 2.16 bits per heavy atom. The molecule has 0 unspecified atom stereocenters. The topological polar surface area (TPSA) is 101 Å². The Morgan fingerprint density at radius 1 is 1.16 bits per heavy atom. The third kappa shape index (κ3) is 3.16. The molecule has 1 saturated carbocycles. The smallest absolute Gasteiger partial charge is 0.316 e. The van der Waals surface area contributed by atoms with E-state index in [1.807, 2.05) is 0 Å². The van der Waals surface area contributed by atoms with E-state index in [2.05, 4.69) is 0 Å². The molecule has 2 aliphatic rings. The second kappa shape index (κ2) is 6.42. The lowest BCUT2D eigenvalue weighted by Gasteiger charge is -2.29. The summed E-state index contributed by atoms with van der Waals surface area (Å²) < 4.78 is 31.6. The van der Waals surface area contributed by atoms with Crippen LogP contribution in [-0.4, -0.2) is 50.0 Å². The number of carboxylic acids is 1. The molecule has 7 nitrogen and oxygen atoms in total. The summed E-state index contributed by atoms with van der Waals surface area (Å²) in [4.78, 5) is 23.1. The monoisotopic (exact) mass is 367 g/mol. The maximum Gasteiger partial charge on any atom is 0.316 e. The van der Waals surface area contributed by atoms with E-state index in [1.165, 1.54) is 23.5 Å². The molecule has 3 rings (SSSR count). The molecule has 0 aromatic heterocycles. The third-order valence-corrected chi connectivity index (χ3v) is 7.09. The number of benzene rings is 1. The number of carbonyl (C=O) groups is 2. The van der Waals surface area contributed by atoms with Crippen LogP contribution in [0.25, 0.3) is 0 Å². The predicted molar refractivity (Wildman–Crippen MR) is 88.5 cm³/mol. The van der Waals surface area contributed by atoms with Gasteiger partial charge in [-0.25, -0.2) is 8.42 Å². The normalized spacial score (nSPS) is 20.8. The Kier molecular flexibility index (Phi) is 4.59. The van der Waals surface area contributed by atoms with Crippen LogP contribution in [0.5, 0.6) is 0 Å². The fourth-order valence-electron chi connectivity index (χ4n) is 3.37. The summed E-state index contributed by atoms with van der Waals surface area (Å²) in [6.45, 7) is 0.403. The number of aliphatic carboxylic acids is 1. The predicted octanol–water partition coefficient (Wildman–Crippen LogP) is 1.38. The van der Waals surface area contributed by atoms with E-state index in [0.717, 1.165) is 5.56 Å². The van der Waals surface area contributed by atoms with Crippen LogP contribution in [0.15, 0.2) is 29.2 Å². The molecule has 1 aromatic rings. The van der Waals surface area contributed by atoms with Crippen molar-refractivity contribution in [3.05, 3.63) is 29.8 Å². The van der Waals surface area contributed by atoms with Gasteiger partial charge in [0.1, 0.15) is 0 Å². The SMILES string of the molecule is COC(=O)C1(c2ccc(S(=O)(=O)N3CCC(C(=O)O)CC3)cc2)CC1. The molecule has 1 N–H and O–H groups in total. The molecular formula is C17H21NO6S. The van der Waals surface area contributed by atoms with Crippen LogP contribution in [0.3, 0.4) is 0 Å². The van der Waals surface area contributed by atoms with Crippen LogP contribution in [0.2, 0.25) is 0 Å². The van der Waals surface area contributed by atoms with Crippen molar-refractivity contribution in [2.45, 2.75) is 36.0 Å². The van der Waals surface area contributed by atoms with Crippen molar-refractivity contribution in [2.75, 3.05) is 20.2 Å². The van der Waals surface area contributed by atoms with Crippen LogP contribution >= 0.6 is 0 Å². The van der Waals surface area contributed by atoms with E-state index >= 15 is 0 Å². The highest BCUT2D eigenvalue weighted by molar-refractivity contribution is 7.89. The fraction of sp³-hybridized carbons (Fsp3) is 0.529. The first-order chi connectivity index (χ1) is 11.8. The van der Waals surface area contributed by atoms with Gasteiger partial charge in [0.05, 0.1) is 23.3 Å². The van der Waals surface area contributed by atoms with Gasteiger partial charge < -0.3 is 9.84 Å². The van der Waals surface area contributed by atoms with Gasteiger partial charge in [-0.15, -0.1) is 0 Å². The van der Waals surface area contributed by atoms with Gasteiger partial charge in [0.25, 0.3) is 0 Å². The fourth-order valence-corrected chi connectivity index (χ4v) is 4.84. The summed E-state index contributed by atoms with van der Waals surface area (Å²) in [5.41, 5.74) is 0.138. The van der Waals surface area contributed by atoms with E-state index in [1.54, 1.807) is 12.1 Å². The average molecular weight is 367 g/mol. The molecule has 25 heavy (non-hydrogen) atoms. The van der Waals surface area contributed by atoms with Crippen LogP contribution in [0.4, 0.5) is 0 Å². The summed E-state index contributed by atoms with van der Waals surface area (Å²) in [6, 6.07) is 6.36. The molecular weight excluding hydrogens is 346 g/mol. The van der Waals surface area contributed by atoms with E-state index in [9.17, 15) is 18.0 Å². The van der Waals surface area contributed by atoms with Crippen molar-refractivity contribution in [3.63, 3.8) is 0 Å². The third-order valence-electron chi connectivity index (χ3n) is 5.17. The lowest BCUT2D eigenvalue weighted by molar-refractivity contribution is -0.144. The first kappa shape index (κ1) is 17.9. The van der Waals surface area contributed by atoms with Gasteiger partial charge in [-0.3, -0.25) is 9.59 Å². The van der Waals surface area contributed by atoms with Gasteiger partial charge in [-0.2, -0.15) is 4.31 Å². The van der Waals surface area contributed by atoms with E-state index < -0.39 is 27.3 Å². The van der Waals surface area contributed by atoms with E-state index in [0.29, 0.717) is 25.7 Å². The molecule has 0 radical (unpaired) electrons.